The summed E-state index contributed by atoms with van der Waals surface area (Å²) in [5.41, 5.74) is 3.58. The summed E-state index contributed by atoms with van der Waals surface area (Å²) in [5.74, 6) is -1.33. The van der Waals surface area contributed by atoms with Crippen molar-refractivity contribution in [1.82, 2.24) is 9.55 Å². The summed E-state index contributed by atoms with van der Waals surface area (Å²) in [6.07, 6.45) is -1.80. The maximum Gasteiger partial charge on any atom is 0.347 e. The molecule has 0 radical (unpaired) electrons. The molecular weight excluding hydrogens is 355 g/mol. The summed E-state index contributed by atoms with van der Waals surface area (Å²) >= 11 is 11.9. The lowest BCUT2D eigenvalue weighted by Crippen LogP contribution is -2.28. The van der Waals surface area contributed by atoms with Crippen molar-refractivity contribution in [1.29, 1.82) is 0 Å². The van der Waals surface area contributed by atoms with E-state index in [9.17, 15) is 18.4 Å². The molecule has 0 saturated carbocycles. The second-order valence-corrected chi connectivity index (χ2v) is 5.12. The monoisotopic (exact) mass is 363 g/mol. The lowest BCUT2D eigenvalue weighted by molar-refractivity contribution is 0.0599. The number of carbonyl (C=O) groups is 1. The van der Waals surface area contributed by atoms with Gasteiger partial charge in [0.25, 0.3) is 12.0 Å². The van der Waals surface area contributed by atoms with Crippen LogP contribution in [0.4, 0.5) is 14.6 Å². The molecule has 0 unspecified atom stereocenters. The van der Waals surface area contributed by atoms with Gasteiger partial charge in [0.15, 0.2) is 5.56 Å². The van der Waals surface area contributed by atoms with Crippen LogP contribution < -0.4 is 11.3 Å². The first-order chi connectivity index (χ1) is 10.8. The van der Waals surface area contributed by atoms with E-state index in [-0.39, 0.29) is 21.6 Å². The molecule has 2 rings (SSSR count). The molecule has 23 heavy (non-hydrogen) atoms. The van der Waals surface area contributed by atoms with Crippen molar-refractivity contribution < 1.29 is 18.3 Å². The Morgan fingerprint density at radius 2 is 1.91 bits per heavy atom. The van der Waals surface area contributed by atoms with Gasteiger partial charge in [-0.2, -0.15) is 0 Å². The molecule has 1 aromatic heterocycles. The van der Waals surface area contributed by atoms with E-state index in [0.717, 1.165) is 30.1 Å². The van der Waals surface area contributed by atoms with Gasteiger partial charge in [-0.25, -0.2) is 18.6 Å². The third-order valence-corrected chi connectivity index (χ3v) is 3.50. The zero-order valence-electron chi connectivity index (χ0n) is 11.5. The summed E-state index contributed by atoms with van der Waals surface area (Å²) in [5, 5.41) is -0.422. The summed E-state index contributed by atoms with van der Waals surface area (Å²) in [6, 6.07) is 1.93. The quantitative estimate of drug-likeness (QED) is 0.847. The Bertz CT molecular complexity index is 817. The molecule has 0 atom stereocenters. The maximum absolute atomic E-state index is 12.7. The number of carbonyl (C=O) groups excluding carboxylic acids is 1. The first-order valence-corrected chi connectivity index (χ1v) is 6.76. The lowest BCUT2D eigenvalue weighted by Gasteiger charge is -2.13. The smallest absolute Gasteiger partial charge is 0.347 e. The van der Waals surface area contributed by atoms with Crippen molar-refractivity contribution in [2.75, 3.05) is 12.8 Å². The van der Waals surface area contributed by atoms with Gasteiger partial charge in [0, 0.05) is 5.56 Å². The van der Waals surface area contributed by atoms with E-state index in [0.29, 0.717) is 0 Å². The number of hydrogen-bond acceptors (Lipinski definition) is 5. The van der Waals surface area contributed by atoms with E-state index in [4.69, 9.17) is 28.9 Å². The third kappa shape index (κ3) is 3.13. The zero-order valence-corrected chi connectivity index (χ0v) is 13.0. The summed E-state index contributed by atoms with van der Waals surface area (Å²) in [7, 11) is 1.07. The highest BCUT2D eigenvalue weighted by Gasteiger charge is 2.22. The Morgan fingerprint density at radius 1 is 1.35 bits per heavy atom. The minimum Gasteiger partial charge on any atom is -0.465 e. The van der Waals surface area contributed by atoms with Crippen LogP contribution in [-0.2, 0) is 4.74 Å². The number of nitrogen functional groups attached to an aromatic ring is 1. The van der Waals surface area contributed by atoms with Gasteiger partial charge in [-0.15, -0.1) is 0 Å². The van der Waals surface area contributed by atoms with Crippen molar-refractivity contribution in [2.45, 2.75) is 6.43 Å². The van der Waals surface area contributed by atoms with Gasteiger partial charge in [0.05, 0.1) is 22.8 Å². The SMILES string of the molecule is COC(=O)c1c(N)ncn(-c2c(Cl)cc(C(F)F)cc2Cl)c1=O. The number of nitrogens with two attached hydrogens (primary N) is 1. The minimum atomic E-state index is -2.79. The summed E-state index contributed by atoms with van der Waals surface area (Å²) in [4.78, 5) is 27.7. The standard InChI is InChI=1S/C13H9Cl2F2N3O3/c1-23-13(22)8-11(18)19-4-20(12(8)21)9-6(14)2-5(10(16)17)3-7(9)15/h2-4,10H,18H2,1H3. The Morgan fingerprint density at radius 3 is 2.39 bits per heavy atom. The fourth-order valence-corrected chi connectivity index (χ4v) is 2.55. The number of halogens is 4. The van der Waals surface area contributed by atoms with E-state index < -0.39 is 29.1 Å². The second kappa shape index (κ2) is 6.51. The van der Waals surface area contributed by atoms with Crippen LogP contribution in [0.15, 0.2) is 23.3 Å². The lowest BCUT2D eigenvalue weighted by atomic mass is 10.2. The molecule has 0 saturated heterocycles. The fourth-order valence-electron chi connectivity index (χ4n) is 1.86. The average Bonchev–Trinajstić information content (AvgIpc) is 2.48. The van der Waals surface area contributed by atoms with Crippen LogP contribution in [-0.4, -0.2) is 22.6 Å². The van der Waals surface area contributed by atoms with Crippen LogP contribution in [0, 0.1) is 0 Å². The second-order valence-electron chi connectivity index (χ2n) is 4.31. The van der Waals surface area contributed by atoms with E-state index >= 15 is 0 Å². The highest BCUT2D eigenvalue weighted by Crippen LogP contribution is 2.33. The van der Waals surface area contributed by atoms with E-state index in [1.807, 2.05) is 0 Å². The van der Waals surface area contributed by atoms with Crippen molar-refractivity contribution in [2.24, 2.45) is 0 Å². The van der Waals surface area contributed by atoms with E-state index in [2.05, 4.69) is 9.72 Å². The van der Waals surface area contributed by atoms with Crippen LogP contribution >= 0.6 is 23.2 Å². The van der Waals surface area contributed by atoms with Gasteiger partial charge in [-0.05, 0) is 12.1 Å². The zero-order chi connectivity index (χ0) is 17.3. The van der Waals surface area contributed by atoms with Gasteiger partial charge in [0.2, 0.25) is 0 Å². The number of hydrogen-bond donors (Lipinski definition) is 1. The van der Waals surface area contributed by atoms with Gasteiger partial charge in [-0.3, -0.25) is 9.36 Å². The van der Waals surface area contributed by atoms with Gasteiger partial charge >= 0.3 is 5.97 Å². The normalized spacial score (nSPS) is 10.9. The number of esters is 1. The molecule has 0 fully saturated rings. The van der Waals surface area contributed by atoms with Crippen LogP contribution in [0.1, 0.15) is 22.3 Å². The number of ether oxygens (including phenoxy) is 1. The van der Waals surface area contributed by atoms with Crippen molar-refractivity contribution in [3.8, 4) is 5.69 Å². The molecule has 6 nitrogen and oxygen atoms in total. The molecule has 0 aliphatic heterocycles. The Balaban J connectivity index is 2.74. The number of methoxy groups -OCH3 is 1. The molecule has 0 amide bonds. The number of anilines is 1. The molecule has 2 N–H and O–H groups in total. The maximum atomic E-state index is 12.7. The highest BCUT2D eigenvalue weighted by molar-refractivity contribution is 6.37. The Labute approximate surface area is 138 Å². The average molecular weight is 364 g/mol. The van der Waals surface area contributed by atoms with Gasteiger partial charge in [-0.1, -0.05) is 23.2 Å². The van der Waals surface area contributed by atoms with Crippen LogP contribution in [0.3, 0.4) is 0 Å². The number of aromatic nitrogens is 2. The largest absolute Gasteiger partial charge is 0.465 e. The number of rotatable bonds is 3. The first kappa shape index (κ1) is 17.2. The number of alkyl halides is 2. The first-order valence-electron chi connectivity index (χ1n) is 6.00. The summed E-state index contributed by atoms with van der Waals surface area (Å²) in [6.45, 7) is 0. The Hall–Kier alpha value is -2.19. The minimum absolute atomic E-state index is 0.0969. The molecule has 10 heteroatoms. The van der Waals surface area contributed by atoms with Crippen molar-refractivity contribution in [3.05, 3.63) is 50.0 Å². The number of benzene rings is 1. The highest BCUT2D eigenvalue weighted by atomic mass is 35.5. The topological polar surface area (TPSA) is 87.2 Å². The molecular formula is C13H9Cl2F2N3O3. The van der Waals surface area contributed by atoms with Crippen molar-refractivity contribution >= 4 is 35.0 Å². The van der Waals surface area contributed by atoms with Crippen LogP contribution in [0.2, 0.25) is 10.0 Å². The summed E-state index contributed by atoms with van der Waals surface area (Å²) < 4.78 is 30.8. The van der Waals surface area contributed by atoms with Crippen molar-refractivity contribution in [3.63, 3.8) is 0 Å². The molecule has 0 aliphatic rings. The van der Waals surface area contributed by atoms with Gasteiger partial charge in [0.1, 0.15) is 12.1 Å². The van der Waals surface area contributed by atoms with E-state index in [1.54, 1.807) is 0 Å². The van der Waals surface area contributed by atoms with Crippen LogP contribution in [0.25, 0.3) is 5.69 Å². The van der Waals surface area contributed by atoms with Crippen LogP contribution in [0.5, 0.6) is 0 Å². The molecule has 1 heterocycles. The predicted molar refractivity (Wildman–Crippen MR) is 80.6 cm³/mol. The van der Waals surface area contributed by atoms with Gasteiger partial charge < -0.3 is 10.5 Å². The molecule has 1 aromatic carbocycles. The molecule has 0 aliphatic carbocycles. The molecule has 0 bridgehead atoms. The molecule has 2 aromatic rings. The molecule has 0 spiro atoms. The number of nitrogens with zero attached hydrogens (tertiary/aromatic N) is 2. The third-order valence-electron chi connectivity index (χ3n) is 2.92. The Kier molecular flexibility index (Phi) is 4.86. The molecule has 122 valence electrons. The fraction of sp³-hybridized carbons (Fsp3) is 0.154. The predicted octanol–water partition coefficient (Wildman–Crippen LogP) is 2.85. The van der Waals surface area contributed by atoms with E-state index in [1.165, 1.54) is 0 Å².